The molecule has 1 saturated carbocycles. The fourth-order valence-electron chi connectivity index (χ4n) is 3.49. The maximum atomic E-state index is 12.0. The number of carbonyl (C=O) groups excluding carboxylic acids is 1. The predicted molar refractivity (Wildman–Crippen MR) is 80.7 cm³/mol. The molecule has 1 heterocycles. The van der Waals surface area contributed by atoms with Crippen molar-refractivity contribution in [3.63, 3.8) is 0 Å². The quantitative estimate of drug-likeness (QED) is 0.841. The Morgan fingerprint density at radius 1 is 1.35 bits per heavy atom. The van der Waals surface area contributed by atoms with Gasteiger partial charge in [-0.3, -0.25) is 4.79 Å². The number of rotatable bonds is 5. The van der Waals surface area contributed by atoms with E-state index in [1.807, 2.05) is 20.9 Å². The molecule has 2 rings (SSSR count). The van der Waals surface area contributed by atoms with Crippen LogP contribution in [0, 0.1) is 0 Å². The number of likely N-dealkylation sites (N-methyl/N-ethyl adjacent to an activating group) is 1. The molecule has 4 heteroatoms. The summed E-state index contributed by atoms with van der Waals surface area (Å²) in [5, 5.41) is 3.35. The monoisotopic (exact) mass is 282 g/mol. The molecule has 0 aromatic heterocycles. The van der Waals surface area contributed by atoms with Gasteiger partial charge in [0.15, 0.2) is 0 Å². The summed E-state index contributed by atoms with van der Waals surface area (Å²) in [5.41, 5.74) is 0.179. The van der Waals surface area contributed by atoms with Gasteiger partial charge in [-0.05, 0) is 39.5 Å². The van der Waals surface area contributed by atoms with E-state index < -0.39 is 0 Å². The number of nitrogens with one attached hydrogen (secondary N) is 1. The SMILES string of the molecule is CCN(C)C(=O)C(C)NCC1CCC2(CCCCC2)O1. The number of ether oxygens (including phenoxy) is 1. The molecule has 2 unspecified atom stereocenters. The fraction of sp³-hybridized carbons (Fsp3) is 0.938. The molecule has 1 aliphatic heterocycles. The lowest BCUT2D eigenvalue weighted by atomic mass is 9.83. The Kier molecular flexibility index (Phi) is 5.44. The Bertz CT molecular complexity index is 326. The molecule has 1 amide bonds. The third-order valence-corrected chi connectivity index (χ3v) is 4.98. The number of nitrogens with zero attached hydrogens (tertiary/aromatic N) is 1. The van der Waals surface area contributed by atoms with E-state index in [4.69, 9.17) is 4.74 Å². The highest BCUT2D eigenvalue weighted by Crippen LogP contribution is 2.41. The van der Waals surface area contributed by atoms with E-state index in [0.717, 1.165) is 19.5 Å². The molecule has 0 bridgehead atoms. The second-order valence-electron chi connectivity index (χ2n) is 6.50. The molecule has 4 nitrogen and oxygen atoms in total. The van der Waals surface area contributed by atoms with Crippen molar-refractivity contribution in [1.82, 2.24) is 10.2 Å². The van der Waals surface area contributed by atoms with Gasteiger partial charge in [0.1, 0.15) is 0 Å². The predicted octanol–water partition coefficient (Wildman–Crippen LogP) is 2.32. The van der Waals surface area contributed by atoms with Crippen molar-refractivity contribution < 1.29 is 9.53 Å². The molecule has 2 fully saturated rings. The third kappa shape index (κ3) is 3.73. The number of amides is 1. The molecular formula is C16H30N2O2. The average molecular weight is 282 g/mol. The molecule has 20 heavy (non-hydrogen) atoms. The zero-order valence-corrected chi connectivity index (χ0v) is 13.3. The first-order valence-corrected chi connectivity index (χ1v) is 8.22. The van der Waals surface area contributed by atoms with Gasteiger partial charge in [0.05, 0.1) is 17.7 Å². The van der Waals surface area contributed by atoms with Crippen LogP contribution in [0.4, 0.5) is 0 Å². The third-order valence-electron chi connectivity index (χ3n) is 4.98. The van der Waals surface area contributed by atoms with Crippen LogP contribution in [0.1, 0.15) is 58.8 Å². The van der Waals surface area contributed by atoms with Crippen molar-refractivity contribution in [2.75, 3.05) is 20.1 Å². The minimum atomic E-state index is -0.119. The normalized spacial score (nSPS) is 26.6. The van der Waals surface area contributed by atoms with Crippen molar-refractivity contribution >= 4 is 5.91 Å². The second-order valence-corrected chi connectivity index (χ2v) is 6.50. The van der Waals surface area contributed by atoms with Gasteiger partial charge in [-0.2, -0.15) is 0 Å². The van der Waals surface area contributed by atoms with Gasteiger partial charge in [-0.25, -0.2) is 0 Å². The molecule has 0 aromatic carbocycles. The zero-order chi connectivity index (χ0) is 14.6. The van der Waals surface area contributed by atoms with E-state index in [-0.39, 0.29) is 23.7 Å². The van der Waals surface area contributed by atoms with Crippen LogP contribution in [0.5, 0.6) is 0 Å². The van der Waals surface area contributed by atoms with Crippen molar-refractivity contribution in [3.05, 3.63) is 0 Å². The van der Waals surface area contributed by atoms with Gasteiger partial charge in [0.2, 0.25) is 5.91 Å². The molecule has 0 aromatic rings. The average Bonchev–Trinajstić information content (AvgIpc) is 2.86. The summed E-state index contributed by atoms with van der Waals surface area (Å²) in [6.07, 6.45) is 9.09. The largest absolute Gasteiger partial charge is 0.370 e. The second kappa shape index (κ2) is 6.90. The van der Waals surface area contributed by atoms with E-state index in [9.17, 15) is 4.79 Å². The van der Waals surface area contributed by atoms with E-state index in [2.05, 4.69) is 5.32 Å². The van der Waals surface area contributed by atoms with Crippen molar-refractivity contribution in [1.29, 1.82) is 0 Å². The Labute approximate surface area is 123 Å². The number of carbonyl (C=O) groups is 1. The molecule has 0 radical (unpaired) electrons. The van der Waals surface area contributed by atoms with Crippen molar-refractivity contribution in [3.8, 4) is 0 Å². The first-order chi connectivity index (χ1) is 9.56. The van der Waals surface area contributed by atoms with Crippen LogP contribution >= 0.6 is 0 Å². The van der Waals surface area contributed by atoms with Crippen LogP contribution in [-0.4, -0.2) is 48.7 Å². The number of hydrogen-bond acceptors (Lipinski definition) is 3. The first-order valence-electron chi connectivity index (χ1n) is 8.22. The standard InChI is InChI=1S/C16H30N2O2/c1-4-18(3)15(19)13(2)17-12-14-8-11-16(20-14)9-6-5-7-10-16/h13-14,17H,4-12H2,1-3H3. The zero-order valence-electron chi connectivity index (χ0n) is 13.3. The van der Waals surface area contributed by atoms with E-state index in [1.54, 1.807) is 4.90 Å². The van der Waals surface area contributed by atoms with Crippen LogP contribution < -0.4 is 5.32 Å². The number of hydrogen-bond donors (Lipinski definition) is 1. The minimum Gasteiger partial charge on any atom is -0.370 e. The highest BCUT2D eigenvalue weighted by Gasteiger charge is 2.40. The Hall–Kier alpha value is -0.610. The Morgan fingerprint density at radius 3 is 2.70 bits per heavy atom. The molecular weight excluding hydrogens is 252 g/mol. The van der Waals surface area contributed by atoms with Crippen LogP contribution in [0.15, 0.2) is 0 Å². The fourth-order valence-corrected chi connectivity index (χ4v) is 3.49. The smallest absolute Gasteiger partial charge is 0.239 e. The summed E-state index contributed by atoms with van der Waals surface area (Å²) >= 11 is 0. The lowest BCUT2D eigenvalue weighted by Gasteiger charge is -2.33. The van der Waals surface area contributed by atoms with Crippen molar-refractivity contribution in [2.24, 2.45) is 0 Å². The van der Waals surface area contributed by atoms with Crippen LogP contribution in [-0.2, 0) is 9.53 Å². The van der Waals surface area contributed by atoms with Gasteiger partial charge >= 0.3 is 0 Å². The molecule has 2 aliphatic rings. The lowest BCUT2D eigenvalue weighted by molar-refractivity contribution is -0.131. The van der Waals surface area contributed by atoms with Crippen molar-refractivity contribution in [2.45, 2.75) is 76.5 Å². The summed E-state index contributed by atoms with van der Waals surface area (Å²) in [4.78, 5) is 13.8. The summed E-state index contributed by atoms with van der Waals surface area (Å²) < 4.78 is 6.32. The van der Waals surface area contributed by atoms with E-state index in [1.165, 1.54) is 38.5 Å². The summed E-state index contributed by atoms with van der Waals surface area (Å²) in [5.74, 6) is 0.165. The van der Waals surface area contributed by atoms with Crippen LogP contribution in [0.3, 0.4) is 0 Å². The topological polar surface area (TPSA) is 41.6 Å². The highest BCUT2D eigenvalue weighted by atomic mass is 16.5. The van der Waals surface area contributed by atoms with Gasteiger partial charge in [-0.15, -0.1) is 0 Å². The molecule has 2 atom stereocenters. The molecule has 1 aliphatic carbocycles. The van der Waals surface area contributed by atoms with E-state index >= 15 is 0 Å². The maximum Gasteiger partial charge on any atom is 0.239 e. The molecule has 1 saturated heterocycles. The Morgan fingerprint density at radius 2 is 2.05 bits per heavy atom. The van der Waals surface area contributed by atoms with Gasteiger partial charge in [0.25, 0.3) is 0 Å². The molecule has 116 valence electrons. The van der Waals surface area contributed by atoms with E-state index in [0.29, 0.717) is 0 Å². The summed E-state index contributed by atoms with van der Waals surface area (Å²) in [7, 11) is 1.85. The van der Waals surface area contributed by atoms with Crippen LogP contribution in [0.25, 0.3) is 0 Å². The summed E-state index contributed by atoms with van der Waals surface area (Å²) in [6.45, 7) is 5.50. The first kappa shape index (κ1) is 15.8. The minimum absolute atomic E-state index is 0.119. The van der Waals surface area contributed by atoms with Gasteiger partial charge < -0.3 is 15.0 Å². The van der Waals surface area contributed by atoms with Gasteiger partial charge in [0, 0.05) is 20.1 Å². The molecule has 1 spiro atoms. The molecule has 1 N–H and O–H groups in total. The Balaban J connectivity index is 1.74. The lowest BCUT2D eigenvalue weighted by Crippen LogP contribution is -2.45. The summed E-state index contributed by atoms with van der Waals surface area (Å²) in [6, 6.07) is -0.119. The van der Waals surface area contributed by atoms with Gasteiger partial charge in [-0.1, -0.05) is 19.3 Å². The van der Waals surface area contributed by atoms with Crippen LogP contribution in [0.2, 0.25) is 0 Å². The highest BCUT2D eigenvalue weighted by molar-refractivity contribution is 5.81. The maximum absolute atomic E-state index is 12.0.